The molecule has 24 heavy (non-hydrogen) atoms. The van der Waals surface area contributed by atoms with Gasteiger partial charge in [-0.25, -0.2) is 4.68 Å². The molecule has 4 nitrogen and oxygen atoms in total. The standard InChI is InChI=1S/C19H19N3OS/c1-3-24-17-11-7-8-15(13-17)19(23)20-18-12-14(2)21-22(18)16-9-5-4-6-10-16/h4-13H,3H2,1-2H3,(H,20,23). The SMILES string of the molecule is CCSc1cccc(C(=O)Nc2cc(C)nn2-c2ccccc2)c1. The quantitative estimate of drug-likeness (QED) is 0.695. The number of para-hydroxylation sites is 1. The minimum atomic E-state index is -0.134. The molecule has 3 rings (SSSR count). The Balaban J connectivity index is 1.86. The number of amides is 1. The normalized spacial score (nSPS) is 10.6. The highest BCUT2D eigenvalue weighted by Gasteiger charge is 2.12. The largest absolute Gasteiger partial charge is 0.306 e. The van der Waals surface area contributed by atoms with Gasteiger partial charge < -0.3 is 5.32 Å². The van der Waals surface area contributed by atoms with E-state index in [1.54, 1.807) is 16.4 Å². The van der Waals surface area contributed by atoms with Gasteiger partial charge in [0.1, 0.15) is 5.82 Å². The van der Waals surface area contributed by atoms with Gasteiger partial charge in [-0.3, -0.25) is 4.79 Å². The highest BCUT2D eigenvalue weighted by Crippen LogP contribution is 2.21. The van der Waals surface area contributed by atoms with Crippen molar-refractivity contribution in [1.82, 2.24) is 9.78 Å². The van der Waals surface area contributed by atoms with Crippen LogP contribution in [0.4, 0.5) is 5.82 Å². The second-order valence-corrected chi connectivity index (χ2v) is 6.67. The molecule has 0 spiro atoms. The average Bonchev–Trinajstić information content (AvgIpc) is 2.96. The topological polar surface area (TPSA) is 46.9 Å². The zero-order chi connectivity index (χ0) is 16.9. The van der Waals surface area contributed by atoms with Crippen LogP contribution >= 0.6 is 11.8 Å². The molecule has 122 valence electrons. The number of hydrogen-bond donors (Lipinski definition) is 1. The summed E-state index contributed by atoms with van der Waals surface area (Å²) in [5.41, 5.74) is 2.41. The van der Waals surface area contributed by atoms with Crippen LogP contribution in [0.3, 0.4) is 0 Å². The average molecular weight is 337 g/mol. The summed E-state index contributed by atoms with van der Waals surface area (Å²) in [6.07, 6.45) is 0. The van der Waals surface area contributed by atoms with E-state index in [0.717, 1.165) is 22.0 Å². The molecule has 0 aliphatic rings. The van der Waals surface area contributed by atoms with E-state index in [0.29, 0.717) is 11.4 Å². The first kappa shape index (κ1) is 16.3. The van der Waals surface area contributed by atoms with E-state index < -0.39 is 0 Å². The van der Waals surface area contributed by atoms with Gasteiger partial charge in [-0.05, 0) is 43.0 Å². The van der Waals surface area contributed by atoms with Crippen LogP contribution in [0.1, 0.15) is 23.0 Å². The first-order chi connectivity index (χ1) is 11.7. The molecule has 1 aromatic heterocycles. The second-order valence-electron chi connectivity index (χ2n) is 5.33. The third-order valence-electron chi connectivity index (χ3n) is 3.48. The molecule has 5 heteroatoms. The molecule has 0 saturated heterocycles. The number of rotatable bonds is 5. The number of aryl methyl sites for hydroxylation is 1. The van der Waals surface area contributed by atoms with E-state index in [9.17, 15) is 4.79 Å². The van der Waals surface area contributed by atoms with Crippen LogP contribution in [0.5, 0.6) is 0 Å². The lowest BCUT2D eigenvalue weighted by Gasteiger charge is -2.09. The van der Waals surface area contributed by atoms with Crippen molar-refractivity contribution in [3.63, 3.8) is 0 Å². The zero-order valence-electron chi connectivity index (χ0n) is 13.7. The van der Waals surface area contributed by atoms with Gasteiger partial charge in [0, 0.05) is 16.5 Å². The van der Waals surface area contributed by atoms with Gasteiger partial charge >= 0.3 is 0 Å². The predicted octanol–water partition coefficient (Wildman–Crippen LogP) is 4.55. The maximum atomic E-state index is 12.6. The summed E-state index contributed by atoms with van der Waals surface area (Å²) in [6, 6.07) is 19.3. The number of thioether (sulfide) groups is 1. The van der Waals surface area contributed by atoms with E-state index in [1.807, 2.05) is 67.6 Å². The summed E-state index contributed by atoms with van der Waals surface area (Å²) in [7, 11) is 0. The molecule has 0 fully saturated rings. The van der Waals surface area contributed by atoms with Crippen molar-refractivity contribution in [1.29, 1.82) is 0 Å². The molecule has 0 atom stereocenters. The highest BCUT2D eigenvalue weighted by molar-refractivity contribution is 7.99. The molecule has 0 aliphatic heterocycles. The van der Waals surface area contributed by atoms with Crippen LogP contribution in [-0.2, 0) is 0 Å². The number of benzene rings is 2. The molecule has 3 aromatic rings. The monoisotopic (exact) mass is 337 g/mol. The minimum Gasteiger partial charge on any atom is -0.306 e. The number of aromatic nitrogens is 2. The van der Waals surface area contributed by atoms with Gasteiger partial charge in [-0.1, -0.05) is 31.2 Å². The van der Waals surface area contributed by atoms with Crippen molar-refractivity contribution in [2.24, 2.45) is 0 Å². The molecule has 0 unspecified atom stereocenters. The fourth-order valence-corrected chi connectivity index (χ4v) is 3.16. The molecule has 1 amide bonds. The van der Waals surface area contributed by atoms with Crippen molar-refractivity contribution in [2.45, 2.75) is 18.7 Å². The molecule has 1 heterocycles. The van der Waals surface area contributed by atoms with Gasteiger partial charge in [-0.15, -0.1) is 11.8 Å². The van der Waals surface area contributed by atoms with E-state index in [2.05, 4.69) is 17.3 Å². The molecular weight excluding hydrogens is 318 g/mol. The Kier molecular flexibility index (Phi) is 5.01. The van der Waals surface area contributed by atoms with Crippen LogP contribution in [0.15, 0.2) is 65.6 Å². The molecular formula is C19H19N3OS. The van der Waals surface area contributed by atoms with Crippen molar-refractivity contribution in [3.05, 3.63) is 71.9 Å². The molecule has 0 radical (unpaired) electrons. The Morgan fingerprint density at radius 3 is 2.67 bits per heavy atom. The fourth-order valence-electron chi connectivity index (χ4n) is 2.44. The number of hydrogen-bond acceptors (Lipinski definition) is 3. The lowest BCUT2D eigenvalue weighted by atomic mass is 10.2. The summed E-state index contributed by atoms with van der Waals surface area (Å²) in [5.74, 6) is 1.51. The lowest BCUT2D eigenvalue weighted by molar-refractivity contribution is 0.102. The van der Waals surface area contributed by atoms with Gasteiger partial charge in [0.05, 0.1) is 11.4 Å². The van der Waals surface area contributed by atoms with Crippen LogP contribution in [0.2, 0.25) is 0 Å². The summed E-state index contributed by atoms with van der Waals surface area (Å²) >= 11 is 1.72. The zero-order valence-corrected chi connectivity index (χ0v) is 14.5. The minimum absolute atomic E-state index is 0.134. The molecule has 2 aromatic carbocycles. The van der Waals surface area contributed by atoms with E-state index in [-0.39, 0.29) is 5.91 Å². The maximum absolute atomic E-state index is 12.6. The van der Waals surface area contributed by atoms with Crippen molar-refractivity contribution < 1.29 is 4.79 Å². The van der Waals surface area contributed by atoms with Crippen molar-refractivity contribution in [2.75, 3.05) is 11.1 Å². The number of anilines is 1. The number of carbonyl (C=O) groups is 1. The number of nitrogens with one attached hydrogen (secondary N) is 1. The van der Waals surface area contributed by atoms with Crippen LogP contribution < -0.4 is 5.32 Å². The molecule has 0 bridgehead atoms. The second kappa shape index (κ2) is 7.36. The van der Waals surface area contributed by atoms with Gasteiger partial charge in [0.25, 0.3) is 5.91 Å². The Bertz CT molecular complexity index is 843. The molecule has 1 N–H and O–H groups in total. The first-order valence-electron chi connectivity index (χ1n) is 7.83. The van der Waals surface area contributed by atoms with Gasteiger partial charge in [-0.2, -0.15) is 5.10 Å². The third-order valence-corrected chi connectivity index (χ3v) is 4.36. The van der Waals surface area contributed by atoms with Gasteiger partial charge in [0.15, 0.2) is 0 Å². The van der Waals surface area contributed by atoms with Crippen molar-refractivity contribution in [3.8, 4) is 5.69 Å². The summed E-state index contributed by atoms with van der Waals surface area (Å²) in [6.45, 7) is 4.01. The number of nitrogens with zero attached hydrogens (tertiary/aromatic N) is 2. The van der Waals surface area contributed by atoms with Crippen LogP contribution in [0, 0.1) is 6.92 Å². The van der Waals surface area contributed by atoms with Crippen LogP contribution in [-0.4, -0.2) is 21.4 Å². The first-order valence-corrected chi connectivity index (χ1v) is 8.82. The predicted molar refractivity (Wildman–Crippen MR) is 99.1 cm³/mol. The summed E-state index contributed by atoms with van der Waals surface area (Å²) < 4.78 is 1.75. The maximum Gasteiger partial charge on any atom is 0.256 e. The Hall–Kier alpha value is -2.53. The highest BCUT2D eigenvalue weighted by atomic mass is 32.2. The fraction of sp³-hybridized carbons (Fsp3) is 0.158. The van der Waals surface area contributed by atoms with E-state index in [4.69, 9.17) is 0 Å². The molecule has 0 aliphatic carbocycles. The summed E-state index contributed by atoms with van der Waals surface area (Å²) in [4.78, 5) is 13.7. The van der Waals surface area contributed by atoms with E-state index >= 15 is 0 Å². The van der Waals surface area contributed by atoms with Gasteiger partial charge in [0.2, 0.25) is 0 Å². The lowest BCUT2D eigenvalue weighted by Crippen LogP contribution is -2.15. The Morgan fingerprint density at radius 2 is 1.92 bits per heavy atom. The summed E-state index contributed by atoms with van der Waals surface area (Å²) in [5, 5.41) is 7.44. The van der Waals surface area contributed by atoms with Crippen LogP contribution in [0.25, 0.3) is 5.69 Å². The number of carbonyl (C=O) groups excluding carboxylic acids is 1. The molecule has 0 saturated carbocycles. The Morgan fingerprint density at radius 1 is 1.12 bits per heavy atom. The van der Waals surface area contributed by atoms with Crippen molar-refractivity contribution >= 4 is 23.5 Å². The Labute approximate surface area is 145 Å². The third kappa shape index (κ3) is 3.68. The smallest absolute Gasteiger partial charge is 0.256 e. The van der Waals surface area contributed by atoms with E-state index in [1.165, 1.54) is 0 Å².